The van der Waals surface area contributed by atoms with Crippen molar-refractivity contribution >= 4 is 11.5 Å². The molecule has 2 heteroatoms. The van der Waals surface area contributed by atoms with E-state index in [9.17, 15) is 4.79 Å². The summed E-state index contributed by atoms with van der Waals surface area (Å²) in [6.07, 6.45) is 4.95. The van der Waals surface area contributed by atoms with Gasteiger partial charge in [-0.05, 0) is 37.3 Å². The molecule has 0 unspecified atom stereocenters. The fraction of sp³-hybridized carbons (Fsp3) is 0.400. The summed E-state index contributed by atoms with van der Waals surface area (Å²) in [6.45, 7) is 0. The van der Waals surface area contributed by atoms with Crippen molar-refractivity contribution in [3.63, 3.8) is 0 Å². The van der Waals surface area contributed by atoms with Crippen LogP contribution in [-0.2, 0) is 11.2 Å². The Bertz CT molecular complexity index is 501. The Morgan fingerprint density at radius 2 is 1.88 bits per heavy atom. The molecular formula is C15H17NO. The lowest BCUT2D eigenvalue weighted by atomic mass is 9.92. The second-order valence-corrected chi connectivity index (χ2v) is 4.92. The standard InChI is InChI=1S/C15H17NO/c1-16-13-8-4-2-6-11(13)10-15(17)12-7-3-5-9-14(12)16/h2,4,6,8H,3,5,7,9-10H2,1H3. The first-order chi connectivity index (χ1) is 8.27. The zero-order valence-electron chi connectivity index (χ0n) is 10.2. The van der Waals surface area contributed by atoms with Gasteiger partial charge in [0, 0.05) is 30.4 Å². The first kappa shape index (κ1) is 10.6. The Kier molecular flexibility index (Phi) is 2.50. The van der Waals surface area contributed by atoms with Gasteiger partial charge in [-0.1, -0.05) is 18.2 Å². The zero-order valence-corrected chi connectivity index (χ0v) is 10.2. The molecule has 1 aromatic rings. The minimum absolute atomic E-state index is 0.330. The number of Topliss-reactive ketones (excluding diaryl/α,β-unsaturated/α-hetero) is 1. The van der Waals surface area contributed by atoms with Crippen LogP contribution < -0.4 is 4.90 Å². The molecule has 2 aliphatic rings. The zero-order chi connectivity index (χ0) is 11.8. The van der Waals surface area contributed by atoms with Crippen molar-refractivity contribution < 1.29 is 4.79 Å². The smallest absolute Gasteiger partial charge is 0.165 e. The number of hydrogen-bond acceptors (Lipinski definition) is 2. The highest BCUT2D eigenvalue weighted by atomic mass is 16.1. The molecule has 3 rings (SSSR count). The lowest BCUT2D eigenvalue weighted by Gasteiger charge is -2.27. The molecule has 1 aliphatic carbocycles. The van der Waals surface area contributed by atoms with Crippen molar-refractivity contribution in [3.8, 4) is 0 Å². The maximum absolute atomic E-state index is 12.3. The minimum atomic E-state index is 0.330. The van der Waals surface area contributed by atoms with Crippen LogP contribution in [-0.4, -0.2) is 12.8 Å². The Balaban J connectivity index is 2.14. The van der Waals surface area contributed by atoms with Gasteiger partial charge < -0.3 is 4.90 Å². The summed E-state index contributed by atoms with van der Waals surface area (Å²) in [4.78, 5) is 14.5. The molecule has 0 saturated heterocycles. The minimum Gasteiger partial charge on any atom is -0.348 e. The molecule has 2 nitrogen and oxygen atoms in total. The highest BCUT2D eigenvalue weighted by Crippen LogP contribution is 2.35. The van der Waals surface area contributed by atoms with E-state index in [0.29, 0.717) is 12.2 Å². The average Bonchev–Trinajstić information content (AvgIpc) is 2.48. The fourth-order valence-electron chi connectivity index (χ4n) is 2.97. The van der Waals surface area contributed by atoms with Crippen LogP contribution >= 0.6 is 0 Å². The summed E-state index contributed by atoms with van der Waals surface area (Å²) in [5.41, 5.74) is 4.70. The molecule has 0 N–H and O–H groups in total. The van der Waals surface area contributed by atoms with Gasteiger partial charge in [0.25, 0.3) is 0 Å². The largest absolute Gasteiger partial charge is 0.348 e. The van der Waals surface area contributed by atoms with Gasteiger partial charge in [0.2, 0.25) is 0 Å². The number of carbonyl (C=O) groups excluding carboxylic acids is 1. The molecule has 0 aromatic heterocycles. The summed E-state index contributed by atoms with van der Waals surface area (Å²) in [5, 5.41) is 0. The number of fused-ring (bicyclic) bond motifs is 1. The molecule has 1 aliphatic heterocycles. The van der Waals surface area contributed by atoms with Crippen molar-refractivity contribution in [1.82, 2.24) is 0 Å². The number of para-hydroxylation sites is 1. The molecule has 1 aromatic carbocycles. The van der Waals surface area contributed by atoms with E-state index >= 15 is 0 Å². The lowest BCUT2D eigenvalue weighted by Crippen LogP contribution is -2.21. The second kappa shape index (κ2) is 4.02. The van der Waals surface area contributed by atoms with E-state index in [2.05, 4.69) is 24.1 Å². The van der Waals surface area contributed by atoms with Crippen LogP contribution in [0, 0.1) is 0 Å². The van der Waals surface area contributed by atoms with Gasteiger partial charge in [0.1, 0.15) is 0 Å². The third kappa shape index (κ3) is 1.68. The van der Waals surface area contributed by atoms with Gasteiger partial charge in [0.15, 0.2) is 5.78 Å². The summed E-state index contributed by atoms with van der Waals surface area (Å²) in [7, 11) is 2.10. The first-order valence-corrected chi connectivity index (χ1v) is 6.34. The average molecular weight is 227 g/mol. The SMILES string of the molecule is CN1C2=C(CCCC2)C(=O)Cc2ccccc21. The summed E-state index contributed by atoms with van der Waals surface area (Å²) in [6, 6.07) is 8.26. The van der Waals surface area contributed by atoms with Crippen LogP contribution in [0.1, 0.15) is 31.2 Å². The Morgan fingerprint density at radius 1 is 1.12 bits per heavy atom. The third-order valence-corrected chi connectivity index (χ3v) is 3.88. The van der Waals surface area contributed by atoms with Crippen molar-refractivity contribution in [2.45, 2.75) is 32.1 Å². The van der Waals surface area contributed by atoms with Crippen LogP contribution in [0.15, 0.2) is 35.5 Å². The topological polar surface area (TPSA) is 20.3 Å². The predicted molar refractivity (Wildman–Crippen MR) is 69.1 cm³/mol. The van der Waals surface area contributed by atoms with E-state index in [0.717, 1.165) is 30.4 Å². The number of carbonyl (C=O) groups is 1. The molecular weight excluding hydrogens is 210 g/mol. The fourth-order valence-corrected chi connectivity index (χ4v) is 2.97. The Morgan fingerprint density at radius 3 is 2.76 bits per heavy atom. The van der Waals surface area contributed by atoms with Gasteiger partial charge >= 0.3 is 0 Å². The van der Waals surface area contributed by atoms with Crippen molar-refractivity contribution in [2.24, 2.45) is 0 Å². The van der Waals surface area contributed by atoms with Crippen LogP contribution in [0.5, 0.6) is 0 Å². The number of allylic oxidation sites excluding steroid dienone is 2. The molecule has 0 spiro atoms. The first-order valence-electron chi connectivity index (χ1n) is 6.34. The van der Waals surface area contributed by atoms with E-state index in [1.54, 1.807) is 0 Å². The lowest BCUT2D eigenvalue weighted by molar-refractivity contribution is -0.115. The molecule has 0 amide bonds. The van der Waals surface area contributed by atoms with Crippen molar-refractivity contribution in [2.75, 3.05) is 11.9 Å². The van der Waals surface area contributed by atoms with Crippen LogP contribution in [0.3, 0.4) is 0 Å². The number of anilines is 1. The molecule has 1 heterocycles. The molecule has 0 radical (unpaired) electrons. The number of rotatable bonds is 0. The highest BCUT2D eigenvalue weighted by molar-refractivity contribution is 6.00. The highest BCUT2D eigenvalue weighted by Gasteiger charge is 2.26. The normalized spacial score (nSPS) is 19.8. The number of hydrogen-bond donors (Lipinski definition) is 0. The number of benzene rings is 1. The number of ketones is 1. The quantitative estimate of drug-likeness (QED) is 0.679. The molecule has 17 heavy (non-hydrogen) atoms. The van der Waals surface area contributed by atoms with Gasteiger partial charge in [-0.2, -0.15) is 0 Å². The van der Waals surface area contributed by atoms with Crippen molar-refractivity contribution in [3.05, 3.63) is 41.1 Å². The Hall–Kier alpha value is -1.57. The monoisotopic (exact) mass is 227 g/mol. The molecule has 0 fully saturated rings. The van der Waals surface area contributed by atoms with E-state index in [-0.39, 0.29) is 0 Å². The predicted octanol–water partition coefficient (Wildman–Crippen LogP) is 3.08. The maximum atomic E-state index is 12.3. The Labute approximate surface area is 102 Å². The third-order valence-electron chi connectivity index (χ3n) is 3.88. The van der Waals surface area contributed by atoms with Gasteiger partial charge in [-0.15, -0.1) is 0 Å². The maximum Gasteiger partial charge on any atom is 0.165 e. The van der Waals surface area contributed by atoms with E-state index in [1.165, 1.54) is 17.8 Å². The molecule has 88 valence electrons. The second-order valence-electron chi connectivity index (χ2n) is 4.92. The summed E-state index contributed by atoms with van der Waals surface area (Å²) >= 11 is 0. The molecule has 0 bridgehead atoms. The molecule has 0 saturated carbocycles. The van der Waals surface area contributed by atoms with Crippen LogP contribution in [0.25, 0.3) is 0 Å². The van der Waals surface area contributed by atoms with E-state index < -0.39 is 0 Å². The van der Waals surface area contributed by atoms with Gasteiger partial charge in [-0.3, -0.25) is 4.79 Å². The number of nitrogens with zero attached hydrogens (tertiary/aromatic N) is 1. The van der Waals surface area contributed by atoms with E-state index in [4.69, 9.17) is 0 Å². The van der Waals surface area contributed by atoms with Crippen LogP contribution in [0.4, 0.5) is 5.69 Å². The summed E-state index contributed by atoms with van der Waals surface area (Å²) in [5.74, 6) is 0.330. The van der Waals surface area contributed by atoms with Crippen LogP contribution in [0.2, 0.25) is 0 Å². The van der Waals surface area contributed by atoms with Crippen molar-refractivity contribution in [1.29, 1.82) is 0 Å². The van der Waals surface area contributed by atoms with Gasteiger partial charge in [-0.25, -0.2) is 0 Å². The summed E-state index contributed by atoms with van der Waals surface area (Å²) < 4.78 is 0. The molecule has 0 atom stereocenters. The van der Waals surface area contributed by atoms with E-state index in [1.807, 2.05) is 12.1 Å². The van der Waals surface area contributed by atoms with Gasteiger partial charge in [0.05, 0.1) is 0 Å².